The summed E-state index contributed by atoms with van der Waals surface area (Å²) in [7, 11) is -3.87. The van der Waals surface area contributed by atoms with Crippen molar-refractivity contribution in [2.75, 3.05) is 9.62 Å². The number of anilines is 2. The van der Waals surface area contributed by atoms with Crippen LogP contribution >= 0.6 is 27.5 Å². The lowest BCUT2D eigenvalue weighted by Gasteiger charge is -2.26. The predicted molar refractivity (Wildman–Crippen MR) is 145 cm³/mol. The summed E-state index contributed by atoms with van der Waals surface area (Å²) in [6, 6.07) is 27.7. The van der Waals surface area contributed by atoms with Gasteiger partial charge in [0, 0.05) is 15.1 Å². The largest absolute Gasteiger partial charge is 0.321 e. The van der Waals surface area contributed by atoms with Gasteiger partial charge < -0.3 is 5.32 Å². The topological polar surface area (TPSA) is 66.5 Å². The number of amides is 1. The Kier molecular flexibility index (Phi) is 7.60. The van der Waals surface area contributed by atoms with Crippen molar-refractivity contribution in [3.8, 4) is 0 Å². The van der Waals surface area contributed by atoms with Gasteiger partial charge in [0.15, 0.2) is 0 Å². The van der Waals surface area contributed by atoms with Crippen LogP contribution in [-0.2, 0) is 16.6 Å². The van der Waals surface area contributed by atoms with Gasteiger partial charge in [0.25, 0.3) is 15.9 Å². The molecule has 0 atom stereocenters. The highest BCUT2D eigenvalue weighted by molar-refractivity contribution is 9.10. The molecule has 4 aromatic carbocycles. The van der Waals surface area contributed by atoms with E-state index >= 15 is 0 Å². The summed E-state index contributed by atoms with van der Waals surface area (Å²) in [5.41, 5.74) is 3.12. The summed E-state index contributed by atoms with van der Waals surface area (Å²) in [5, 5.41) is 3.31. The molecule has 0 aliphatic rings. The molecule has 0 fully saturated rings. The highest BCUT2D eigenvalue weighted by atomic mass is 79.9. The fourth-order valence-electron chi connectivity index (χ4n) is 3.55. The van der Waals surface area contributed by atoms with Gasteiger partial charge in [-0.15, -0.1) is 0 Å². The molecule has 1 amide bonds. The zero-order chi connectivity index (χ0) is 25.0. The van der Waals surface area contributed by atoms with Crippen molar-refractivity contribution in [2.24, 2.45) is 0 Å². The number of sulfonamides is 1. The van der Waals surface area contributed by atoms with E-state index in [1.54, 1.807) is 78.9 Å². The van der Waals surface area contributed by atoms with Crippen molar-refractivity contribution >= 4 is 54.8 Å². The molecule has 0 aromatic heterocycles. The van der Waals surface area contributed by atoms with Crippen molar-refractivity contribution in [1.29, 1.82) is 0 Å². The number of benzene rings is 4. The maximum Gasteiger partial charge on any atom is 0.264 e. The fraction of sp³-hybridized carbons (Fsp3) is 0.0741. The molecule has 35 heavy (non-hydrogen) atoms. The summed E-state index contributed by atoms with van der Waals surface area (Å²) < 4.78 is 29.4. The third-order valence-electron chi connectivity index (χ3n) is 5.44. The predicted octanol–water partition coefficient (Wildman–Crippen LogP) is 7.06. The first-order valence-corrected chi connectivity index (χ1v) is 13.4. The number of carbonyl (C=O) groups excluding carboxylic acids is 1. The van der Waals surface area contributed by atoms with Crippen molar-refractivity contribution in [2.45, 2.75) is 18.4 Å². The van der Waals surface area contributed by atoms with E-state index in [9.17, 15) is 13.2 Å². The molecule has 0 heterocycles. The van der Waals surface area contributed by atoms with Gasteiger partial charge >= 0.3 is 0 Å². The Morgan fingerprint density at radius 1 is 0.914 bits per heavy atom. The summed E-state index contributed by atoms with van der Waals surface area (Å²) in [4.78, 5) is 12.9. The highest BCUT2D eigenvalue weighted by Crippen LogP contribution is 2.31. The van der Waals surface area contributed by atoms with Crippen LogP contribution in [0.4, 0.5) is 11.4 Å². The first kappa shape index (κ1) is 25.0. The number of para-hydroxylation sites is 1. The Bertz CT molecular complexity index is 1460. The molecule has 0 unspecified atom stereocenters. The van der Waals surface area contributed by atoms with E-state index in [0.29, 0.717) is 22.0 Å². The third kappa shape index (κ3) is 5.75. The van der Waals surface area contributed by atoms with Gasteiger partial charge in [0.1, 0.15) is 0 Å². The van der Waals surface area contributed by atoms with Crippen LogP contribution in [0, 0.1) is 6.92 Å². The van der Waals surface area contributed by atoms with Gasteiger partial charge in [-0.3, -0.25) is 9.10 Å². The minimum Gasteiger partial charge on any atom is -0.321 e. The first-order chi connectivity index (χ1) is 16.8. The van der Waals surface area contributed by atoms with Crippen LogP contribution in [0.1, 0.15) is 21.5 Å². The zero-order valence-electron chi connectivity index (χ0n) is 18.8. The average Bonchev–Trinajstić information content (AvgIpc) is 2.86. The van der Waals surface area contributed by atoms with E-state index in [1.807, 2.05) is 25.1 Å². The number of nitrogens with zero attached hydrogens (tertiary/aromatic N) is 1. The molecule has 0 aliphatic heterocycles. The molecular formula is C27H22BrClN2O3S. The van der Waals surface area contributed by atoms with Crippen LogP contribution in [-0.4, -0.2) is 14.3 Å². The molecule has 4 rings (SSSR count). The van der Waals surface area contributed by atoms with Gasteiger partial charge in [-0.2, -0.15) is 0 Å². The van der Waals surface area contributed by atoms with Crippen molar-refractivity contribution < 1.29 is 13.2 Å². The van der Waals surface area contributed by atoms with E-state index in [-0.39, 0.29) is 17.3 Å². The minimum absolute atomic E-state index is 0.0740. The molecule has 4 aromatic rings. The van der Waals surface area contributed by atoms with Crippen LogP contribution in [0.25, 0.3) is 0 Å². The maximum absolute atomic E-state index is 13.6. The van der Waals surface area contributed by atoms with Crippen LogP contribution in [0.3, 0.4) is 0 Å². The molecule has 0 spiro atoms. The lowest BCUT2D eigenvalue weighted by Crippen LogP contribution is -2.31. The molecule has 0 saturated carbocycles. The number of halogens is 2. The summed E-state index contributed by atoms with van der Waals surface area (Å²) >= 11 is 9.64. The number of nitrogens with one attached hydrogen (secondary N) is 1. The maximum atomic E-state index is 13.6. The monoisotopic (exact) mass is 568 g/mol. The van der Waals surface area contributed by atoms with Crippen LogP contribution in [0.15, 0.2) is 106 Å². The lowest BCUT2D eigenvalue weighted by molar-refractivity contribution is 0.102. The number of carbonyl (C=O) groups is 1. The van der Waals surface area contributed by atoms with E-state index < -0.39 is 10.0 Å². The Balaban J connectivity index is 1.64. The Morgan fingerprint density at radius 2 is 1.57 bits per heavy atom. The molecular weight excluding hydrogens is 548 g/mol. The molecule has 0 bridgehead atoms. The van der Waals surface area contributed by atoms with Crippen LogP contribution in [0.5, 0.6) is 0 Å². The average molecular weight is 570 g/mol. The second-order valence-electron chi connectivity index (χ2n) is 7.89. The van der Waals surface area contributed by atoms with E-state index in [0.717, 1.165) is 15.6 Å². The Morgan fingerprint density at radius 3 is 2.26 bits per heavy atom. The standard InChI is InChI=1S/C27H22BrClN2O3S/c1-19-11-16-22(29)17-26(19)31(35(33,34)23-7-3-2-4-8-23)18-20-12-14-21(15-13-20)27(32)30-25-10-6-5-9-24(25)28/h2-17H,18H2,1H3,(H,30,32). The zero-order valence-corrected chi connectivity index (χ0v) is 21.9. The fourth-order valence-corrected chi connectivity index (χ4v) is 5.64. The second-order valence-corrected chi connectivity index (χ2v) is 11.0. The minimum atomic E-state index is -3.87. The number of hydrogen-bond donors (Lipinski definition) is 1. The van der Waals surface area contributed by atoms with Gasteiger partial charge in [-0.05, 0) is 82.5 Å². The quantitative estimate of drug-likeness (QED) is 0.259. The Labute approximate surface area is 218 Å². The molecule has 5 nitrogen and oxygen atoms in total. The van der Waals surface area contributed by atoms with E-state index in [1.165, 1.54) is 4.31 Å². The lowest BCUT2D eigenvalue weighted by atomic mass is 10.1. The van der Waals surface area contributed by atoms with Gasteiger partial charge in [0.2, 0.25) is 0 Å². The van der Waals surface area contributed by atoms with Crippen molar-refractivity contribution in [3.63, 3.8) is 0 Å². The van der Waals surface area contributed by atoms with Crippen LogP contribution in [0.2, 0.25) is 5.02 Å². The normalized spacial score (nSPS) is 11.2. The molecule has 178 valence electrons. The summed E-state index contributed by atoms with van der Waals surface area (Å²) in [6.45, 7) is 1.92. The summed E-state index contributed by atoms with van der Waals surface area (Å²) in [6.07, 6.45) is 0. The van der Waals surface area contributed by atoms with Crippen molar-refractivity contribution in [1.82, 2.24) is 0 Å². The van der Waals surface area contributed by atoms with Crippen LogP contribution < -0.4 is 9.62 Å². The molecule has 0 aliphatic carbocycles. The number of rotatable bonds is 7. The number of aryl methyl sites for hydroxylation is 1. The Hall–Kier alpha value is -3.13. The van der Waals surface area contributed by atoms with Gasteiger partial charge in [-0.1, -0.05) is 60.1 Å². The smallest absolute Gasteiger partial charge is 0.264 e. The SMILES string of the molecule is Cc1ccc(Cl)cc1N(Cc1ccc(C(=O)Nc2ccccc2Br)cc1)S(=O)(=O)c1ccccc1. The van der Waals surface area contributed by atoms with Gasteiger partial charge in [0.05, 0.1) is 22.8 Å². The molecule has 1 N–H and O–H groups in total. The van der Waals surface area contributed by atoms with Crippen molar-refractivity contribution in [3.05, 3.63) is 123 Å². The van der Waals surface area contributed by atoms with Gasteiger partial charge in [-0.25, -0.2) is 8.42 Å². The second kappa shape index (κ2) is 10.6. The number of hydrogen-bond acceptors (Lipinski definition) is 3. The highest BCUT2D eigenvalue weighted by Gasteiger charge is 2.26. The van der Waals surface area contributed by atoms with E-state index in [4.69, 9.17) is 11.6 Å². The summed E-state index contributed by atoms with van der Waals surface area (Å²) in [5.74, 6) is -0.261. The molecule has 8 heteroatoms. The third-order valence-corrected chi connectivity index (χ3v) is 8.14. The van der Waals surface area contributed by atoms with E-state index in [2.05, 4.69) is 21.2 Å². The first-order valence-electron chi connectivity index (χ1n) is 10.7. The molecule has 0 saturated heterocycles. The molecule has 0 radical (unpaired) electrons.